The Bertz CT molecular complexity index is 422. The predicted octanol–water partition coefficient (Wildman–Crippen LogP) is 4.32. The van der Waals surface area contributed by atoms with Crippen LogP contribution in [0.25, 0.3) is 0 Å². The standard InChI is InChI=1S/C13H14N2O2.2C2H6/c14-10-1-5-12(6-2-10)16-9-17-13-7-3-11(15)4-8-13;2*1-2/h1-8H,9,14-15H2;2*1-2H3. The lowest BCUT2D eigenvalue weighted by Crippen LogP contribution is -2.05. The van der Waals surface area contributed by atoms with E-state index in [1.807, 2.05) is 27.7 Å². The molecule has 4 heteroatoms. The highest BCUT2D eigenvalue weighted by molar-refractivity contribution is 5.42. The maximum Gasteiger partial charge on any atom is 0.230 e. The van der Waals surface area contributed by atoms with Crippen LogP contribution in [-0.4, -0.2) is 6.79 Å². The first-order valence-electron chi connectivity index (χ1n) is 7.21. The van der Waals surface area contributed by atoms with Crippen LogP contribution in [0.1, 0.15) is 27.7 Å². The zero-order valence-electron chi connectivity index (χ0n) is 13.3. The van der Waals surface area contributed by atoms with Gasteiger partial charge in [0.2, 0.25) is 6.79 Å². The minimum atomic E-state index is 0.147. The summed E-state index contributed by atoms with van der Waals surface area (Å²) in [5.41, 5.74) is 12.5. The van der Waals surface area contributed by atoms with Crippen molar-refractivity contribution in [3.05, 3.63) is 48.5 Å². The van der Waals surface area contributed by atoms with Crippen molar-refractivity contribution >= 4 is 11.4 Å². The highest BCUT2D eigenvalue weighted by Crippen LogP contribution is 2.15. The maximum absolute atomic E-state index is 5.56. The average Bonchev–Trinajstić information content (AvgIpc) is 2.55. The second kappa shape index (κ2) is 11.5. The molecule has 4 nitrogen and oxygen atoms in total. The number of nitrogens with two attached hydrogens (primary N) is 2. The Hall–Kier alpha value is -2.36. The van der Waals surface area contributed by atoms with Crippen molar-refractivity contribution in [3.63, 3.8) is 0 Å². The molecular weight excluding hydrogens is 264 g/mol. The molecule has 0 radical (unpaired) electrons. The summed E-state index contributed by atoms with van der Waals surface area (Å²) in [6, 6.07) is 14.3. The molecule has 0 aliphatic carbocycles. The molecule has 0 spiro atoms. The van der Waals surface area contributed by atoms with E-state index in [0.29, 0.717) is 11.4 Å². The molecule has 0 aliphatic heterocycles. The second-order valence-electron chi connectivity index (χ2n) is 3.54. The van der Waals surface area contributed by atoms with Crippen LogP contribution in [-0.2, 0) is 0 Å². The fourth-order valence-electron chi connectivity index (χ4n) is 1.29. The van der Waals surface area contributed by atoms with Crippen LogP contribution < -0.4 is 20.9 Å². The van der Waals surface area contributed by atoms with E-state index in [1.165, 1.54) is 0 Å². The van der Waals surface area contributed by atoms with Gasteiger partial charge in [0.1, 0.15) is 11.5 Å². The lowest BCUT2D eigenvalue weighted by molar-refractivity contribution is 0.120. The monoisotopic (exact) mass is 290 g/mol. The minimum Gasteiger partial charge on any atom is -0.458 e. The molecule has 0 amide bonds. The number of hydrogen-bond donors (Lipinski definition) is 2. The first kappa shape index (κ1) is 18.6. The molecular formula is C17H26N2O2. The summed E-state index contributed by atoms with van der Waals surface area (Å²) >= 11 is 0. The lowest BCUT2D eigenvalue weighted by Gasteiger charge is -2.08. The molecule has 0 aliphatic rings. The Morgan fingerprint density at radius 1 is 0.619 bits per heavy atom. The molecule has 2 aromatic carbocycles. The smallest absolute Gasteiger partial charge is 0.230 e. The zero-order valence-corrected chi connectivity index (χ0v) is 13.3. The van der Waals surface area contributed by atoms with E-state index >= 15 is 0 Å². The van der Waals surface area contributed by atoms with Gasteiger partial charge in [-0.15, -0.1) is 0 Å². The highest BCUT2D eigenvalue weighted by Gasteiger charge is 1.95. The third-order valence-corrected chi connectivity index (χ3v) is 2.21. The number of nitrogen functional groups attached to an aromatic ring is 2. The summed E-state index contributed by atoms with van der Waals surface area (Å²) < 4.78 is 10.8. The Morgan fingerprint density at radius 3 is 1.19 bits per heavy atom. The van der Waals surface area contributed by atoms with Crippen molar-refractivity contribution in [1.82, 2.24) is 0 Å². The van der Waals surface area contributed by atoms with Gasteiger partial charge in [-0.1, -0.05) is 27.7 Å². The lowest BCUT2D eigenvalue weighted by atomic mass is 10.3. The van der Waals surface area contributed by atoms with E-state index in [-0.39, 0.29) is 6.79 Å². The molecule has 21 heavy (non-hydrogen) atoms. The summed E-state index contributed by atoms with van der Waals surface area (Å²) in [6.45, 7) is 8.15. The summed E-state index contributed by atoms with van der Waals surface area (Å²) in [6.07, 6.45) is 0. The molecule has 0 saturated heterocycles. The van der Waals surface area contributed by atoms with Crippen LogP contribution in [0, 0.1) is 0 Å². The minimum absolute atomic E-state index is 0.147. The molecule has 0 saturated carbocycles. The SMILES string of the molecule is CC.CC.Nc1ccc(OCOc2ccc(N)cc2)cc1. The molecule has 0 fully saturated rings. The molecule has 116 valence electrons. The Morgan fingerprint density at radius 2 is 0.905 bits per heavy atom. The molecule has 0 aromatic heterocycles. The van der Waals surface area contributed by atoms with Crippen molar-refractivity contribution in [2.24, 2.45) is 0 Å². The number of anilines is 2. The summed E-state index contributed by atoms with van der Waals surface area (Å²) in [5.74, 6) is 1.43. The van der Waals surface area contributed by atoms with E-state index < -0.39 is 0 Å². The van der Waals surface area contributed by atoms with Crippen LogP contribution >= 0.6 is 0 Å². The van der Waals surface area contributed by atoms with E-state index in [2.05, 4.69) is 0 Å². The highest BCUT2D eigenvalue weighted by atomic mass is 16.7. The van der Waals surface area contributed by atoms with Gasteiger partial charge < -0.3 is 20.9 Å². The van der Waals surface area contributed by atoms with Gasteiger partial charge in [0.25, 0.3) is 0 Å². The van der Waals surface area contributed by atoms with Crippen molar-refractivity contribution in [2.75, 3.05) is 18.3 Å². The largest absolute Gasteiger partial charge is 0.458 e. The van der Waals surface area contributed by atoms with Crippen molar-refractivity contribution in [2.45, 2.75) is 27.7 Å². The number of benzene rings is 2. The summed E-state index contributed by atoms with van der Waals surface area (Å²) in [4.78, 5) is 0. The molecule has 0 unspecified atom stereocenters. The van der Waals surface area contributed by atoms with E-state index in [1.54, 1.807) is 48.5 Å². The van der Waals surface area contributed by atoms with Gasteiger partial charge in [-0.2, -0.15) is 0 Å². The zero-order chi connectivity index (χ0) is 16.1. The first-order chi connectivity index (χ1) is 10.2. The van der Waals surface area contributed by atoms with Gasteiger partial charge in [-0.05, 0) is 48.5 Å². The van der Waals surface area contributed by atoms with Gasteiger partial charge in [0, 0.05) is 11.4 Å². The van der Waals surface area contributed by atoms with Gasteiger partial charge >= 0.3 is 0 Å². The summed E-state index contributed by atoms with van der Waals surface area (Å²) in [7, 11) is 0. The van der Waals surface area contributed by atoms with Crippen LogP contribution in [0.5, 0.6) is 11.5 Å². The molecule has 0 atom stereocenters. The molecule has 2 rings (SSSR count). The summed E-state index contributed by atoms with van der Waals surface area (Å²) in [5, 5.41) is 0. The van der Waals surface area contributed by atoms with Crippen molar-refractivity contribution in [1.29, 1.82) is 0 Å². The third kappa shape index (κ3) is 7.72. The van der Waals surface area contributed by atoms with Crippen molar-refractivity contribution < 1.29 is 9.47 Å². The normalized spacial score (nSPS) is 8.57. The third-order valence-electron chi connectivity index (χ3n) is 2.21. The number of rotatable bonds is 4. The first-order valence-corrected chi connectivity index (χ1v) is 7.21. The predicted molar refractivity (Wildman–Crippen MR) is 90.5 cm³/mol. The molecule has 2 aromatic rings. The van der Waals surface area contributed by atoms with E-state index in [9.17, 15) is 0 Å². The molecule has 0 heterocycles. The second-order valence-corrected chi connectivity index (χ2v) is 3.54. The molecule has 4 N–H and O–H groups in total. The van der Waals surface area contributed by atoms with Gasteiger partial charge in [0.05, 0.1) is 0 Å². The Labute approximate surface area is 127 Å². The molecule has 0 bridgehead atoms. The van der Waals surface area contributed by atoms with E-state index in [0.717, 1.165) is 11.5 Å². The fourth-order valence-corrected chi connectivity index (χ4v) is 1.29. The van der Waals surface area contributed by atoms with Crippen LogP contribution in [0.3, 0.4) is 0 Å². The van der Waals surface area contributed by atoms with Gasteiger partial charge in [-0.25, -0.2) is 0 Å². The fraction of sp³-hybridized carbons (Fsp3) is 0.294. The van der Waals surface area contributed by atoms with Crippen LogP contribution in [0.15, 0.2) is 48.5 Å². The average molecular weight is 290 g/mol. The van der Waals surface area contributed by atoms with Gasteiger partial charge in [-0.3, -0.25) is 0 Å². The van der Waals surface area contributed by atoms with Crippen molar-refractivity contribution in [3.8, 4) is 11.5 Å². The van der Waals surface area contributed by atoms with E-state index in [4.69, 9.17) is 20.9 Å². The van der Waals surface area contributed by atoms with Gasteiger partial charge in [0.15, 0.2) is 0 Å². The topological polar surface area (TPSA) is 70.5 Å². The van der Waals surface area contributed by atoms with Crippen LogP contribution in [0.4, 0.5) is 11.4 Å². The Kier molecular flexibility index (Phi) is 10.2. The number of hydrogen-bond acceptors (Lipinski definition) is 4. The number of ether oxygens (including phenoxy) is 2. The quantitative estimate of drug-likeness (QED) is 0.650. The Balaban J connectivity index is 0.000000921. The maximum atomic E-state index is 5.56. The van der Waals surface area contributed by atoms with Crippen LogP contribution in [0.2, 0.25) is 0 Å².